The van der Waals surface area contributed by atoms with Gasteiger partial charge in [0.25, 0.3) is 5.89 Å². The molecular weight excluding hydrogens is 260 g/mol. The summed E-state index contributed by atoms with van der Waals surface area (Å²) >= 11 is 1.42. The SMILES string of the molecule is Oc1ccsc1-c1nc(C2CCCCCCC2)no1. The van der Waals surface area contributed by atoms with Gasteiger partial charge in [-0.1, -0.05) is 37.3 Å². The summed E-state index contributed by atoms with van der Waals surface area (Å²) in [6.45, 7) is 0. The molecule has 2 aromatic heterocycles. The van der Waals surface area contributed by atoms with E-state index in [4.69, 9.17) is 4.52 Å². The van der Waals surface area contributed by atoms with E-state index in [1.807, 2.05) is 5.38 Å². The fourth-order valence-corrected chi connectivity index (χ4v) is 3.38. The van der Waals surface area contributed by atoms with Crippen LogP contribution in [0.15, 0.2) is 16.0 Å². The van der Waals surface area contributed by atoms with Crippen molar-refractivity contribution in [2.24, 2.45) is 0 Å². The predicted octanol–water partition coefficient (Wildman–Crippen LogP) is 4.33. The van der Waals surface area contributed by atoms with Crippen molar-refractivity contribution < 1.29 is 9.63 Å². The van der Waals surface area contributed by atoms with Crippen LogP contribution < -0.4 is 0 Å². The van der Waals surface area contributed by atoms with Gasteiger partial charge in [-0.3, -0.25) is 0 Å². The number of thiophene rings is 1. The van der Waals surface area contributed by atoms with E-state index in [1.165, 1.54) is 43.4 Å². The number of hydrogen-bond donors (Lipinski definition) is 1. The Hall–Kier alpha value is -1.36. The van der Waals surface area contributed by atoms with Crippen molar-refractivity contribution in [3.05, 3.63) is 17.3 Å². The molecule has 1 aliphatic carbocycles. The second kappa shape index (κ2) is 5.74. The lowest BCUT2D eigenvalue weighted by Crippen LogP contribution is -2.04. The van der Waals surface area contributed by atoms with Gasteiger partial charge < -0.3 is 9.63 Å². The van der Waals surface area contributed by atoms with Crippen LogP contribution in [0.2, 0.25) is 0 Å². The van der Waals surface area contributed by atoms with E-state index in [1.54, 1.807) is 6.07 Å². The van der Waals surface area contributed by atoms with Crippen LogP contribution >= 0.6 is 11.3 Å². The number of hydrogen-bond acceptors (Lipinski definition) is 5. The third kappa shape index (κ3) is 2.81. The van der Waals surface area contributed by atoms with Gasteiger partial charge in [0, 0.05) is 5.92 Å². The second-order valence-corrected chi connectivity index (χ2v) is 6.05. The number of aromatic nitrogens is 2. The van der Waals surface area contributed by atoms with Crippen LogP contribution in [-0.2, 0) is 0 Å². The van der Waals surface area contributed by atoms with Gasteiger partial charge in [0.1, 0.15) is 10.6 Å². The summed E-state index contributed by atoms with van der Waals surface area (Å²) in [6.07, 6.45) is 8.77. The van der Waals surface area contributed by atoms with Crippen molar-refractivity contribution in [3.63, 3.8) is 0 Å². The first-order chi connectivity index (χ1) is 9.34. The van der Waals surface area contributed by atoms with Gasteiger partial charge in [-0.25, -0.2) is 0 Å². The van der Waals surface area contributed by atoms with Crippen molar-refractivity contribution in [2.75, 3.05) is 0 Å². The standard InChI is InChI=1S/C14H18N2O2S/c17-11-8-9-19-12(11)14-15-13(16-18-14)10-6-4-2-1-3-5-7-10/h8-10,17H,1-7H2. The first-order valence-electron chi connectivity index (χ1n) is 6.95. The molecule has 19 heavy (non-hydrogen) atoms. The first kappa shape index (κ1) is 12.7. The van der Waals surface area contributed by atoms with Crippen LogP contribution in [-0.4, -0.2) is 15.2 Å². The van der Waals surface area contributed by atoms with Crippen LogP contribution in [0.3, 0.4) is 0 Å². The Morgan fingerprint density at radius 3 is 2.58 bits per heavy atom. The van der Waals surface area contributed by atoms with E-state index in [2.05, 4.69) is 10.1 Å². The molecule has 0 saturated heterocycles. The molecule has 2 heterocycles. The molecule has 0 bridgehead atoms. The van der Waals surface area contributed by atoms with Crippen LogP contribution in [0.5, 0.6) is 5.75 Å². The Morgan fingerprint density at radius 2 is 1.89 bits per heavy atom. The highest BCUT2D eigenvalue weighted by Crippen LogP contribution is 2.35. The molecule has 3 rings (SSSR count). The average Bonchev–Trinajstić information content (AvgIpc) is 2.97. The molecule has 1 N–H and O–H groups in total. The molecule has 0 atom stereocenters. The summed E-state index contributed by atoms with van der Waals surface area (Å²) < 4.78 is 5.30. The summed E-state index contributed by atoms with van der Waals surface area (Å²) in [7, 11) is 0. The Bertz CT molecular complexity index is 527. The minimum atomic E-state index is 0.220. The molecule has 0 spiro atoms. The first-order valence-corrected chi connectivity index (χ1v) is 7.83. The van der Waals surface area contributed by atoms with Crippen molar-refractivity contribution in [2.45, 2.75) is 50.9 Å². The number of nitrogens with zero attached hydrogens (tertiary/aromatic N) is 2. The minimum Gasteiger partial charge on any atom is -0.506 e. The zero-order chi connectivity index (χ0) is 13.1. The van der Waals surface area contributed by atoms with Crippen molar-refractivity contribution >= 4 is 11.3 Å². The van der Waals surface area contributed by atoms with Crippen LogP contribution in [0.25, 0.3) is 10.8 Å². The van der Waals surface area contributed by atoms with E-state index in [-0.39, 0.29) is 5.75 Å². The maximum Gasteiger partial charge on any atom is 0.271 e. The van der Waals surface area contributed by atoms with E-state index in [0.717, 1.165) is 18.7 Å². The Morgan fingerprint density at radius 1 is 1.16 bits per heavy atom. The van der Waals surface area contributed by atoms with E-state index >= 15 is 0 Å². The van der Waals surface area contributed by atoms with Gasteiger partial charge in [-0.2, -0.15) is 4.98 Å². The van der Waals surface area contributed by atoms with Crippen molar-refractivity contribution in [3.8, 4) is 16.5 Å². The molecule has 0 unspecified atom stereocenters. The second-order valence-electron chi connectivity index (χ2n) is 5.13. The predicted molar refractivity (Wildman–Crippen MR) is 74.3 cm³/mol. The molecule has 4 nitrogen and oxygen atoms in total. The van der Waals surface area contributed by atoms with Crippen LogP contribution in [0.4, 0.5) is 0 Å². The molecule has 1 aliphatic rings. The number of aromatic hydroxyl groups is 1. The zero-order valence-corrected chi connectivity index (χ0v) is 11.7. The largest absolute Gasteiger partial charge is 0.506 e. The van der Waals surface area contributed by atoms with Gasteiger partial charge in [-0.05, 0) is 24.3 Å². The zero-order valence-electron chi connectivity index (χ0n) is 10.8. The van der Waals surface area contributed by atoms with E-state index in [9.17, 15) is 5.11 Å². The summed E-state index contributed by atoms with van der Waals surface area (Å²) in [5.41, 5.74) is 0. The molecular formula is C14H18N2O2S. The monoisotopic (exact) mass is 278 g/mol. The molecule has 2 aromatic rings. The van der Waals surface area contributed by atoms with Crippen LogP contribution in [0, 0.1) is 0 Å². The third-order valence-electron chi connectivity index (χ3n) is 3.75. The van der Waals surface area contributed by atoms with Gasteiger partial charge >= 0.3 is 0 Å². The van der Waals surface area contributed by atoms with Crippen molar-refractivity contribution in [1.82, 2.24) is 10.1 Å². The third-order valence-corrected chi connectivity index (χ3v) is 4.64. The summed E-state index contributed by atoms with van der Waals surface area (Å²) in [5.74, 6) is 1.90. The fraction of sp³-hybridized carbons (Fsp3) is 0.571. The molecule has 0 aromatic carbocycles. The van der Waals surface area contributed by atoms with Gasteiger partial charge in [-0.15, -0.1) is 11.3 Å². The average molecular weight is 278 g/mol. The Balaban J connectivity index is 1.78. The maximum absolute atomic E-state index is 9.69. The lowest BCUT2D eigenvalue weighted by atomic mass is 9.91. The van der Waals surface area contributed by atoms with Crippen LogP contribution in [0.1, 0.15) is 56.7 Å². The Labute approximate surface area is 116 Å². The summed E-state index contributed by atoms with van der Waals surface area (Å²) in [6, 6.07) is 1.65. The molecule has 0 radical (unpaired) electrons. The quantitative estimate of drug-likeness (QED) is 0.888. The smallest absolute Gasteiger partial charge is 0.271 e. The number of rotatable bonds is 2. The van der Waals surface area contributed by atoms with Gasteiger partial charge in [0.05, 0.1) is 0 Å². The molecule has 0 amide bonds. The molecule has 102 valence electrons. The highest BCUT2D eigenvalue weighted by molar-refractivity contribution is 7.13. The van der Waals surface area contributed by atoms with Gasteiger partial charge in [0.15, 0.2) is 5.82 Å². The molecule has 0 aliphatic heterocycles. The van der Waals surface area contributed by atoms with Crippen molar-refractivity contribution in [1.29, 1.82) is 0 Å². The Kier molecular flexibility index (Phi) is 3.82. The molecule has 5 heteroatoms. The summed E-state index contributed by atoms with van der Waals surface area (Å²) in [4.78, 5) is 5.15. The van der Waals surface area contributed by atoms with E-state index < -0.39 is 0 Å². The molecule has 1 saturated carbocycles. The lowest BCUT2D eigenvalue weighted by Gasteiger charge is -2.15. The topological polar surface area (TPSA) is 59.2 Å². The maximum atomic E-state index is 9.69. The van der Waals surface area contributed by atoms with Gasteiger partial charge in [0.2, 0.25) is 0 Å². The highest BCUT2D eigenvalue weighted by Gasteiger charge is 2.21. The summed E-state index contributed by atoms with van der Waals surface area (Å²) in [5, 5.41) is 15.6. The highest BCUT2D eigenvalue weighted by atomic mass is 32.1. The fourth-order valence-electron chi connectivity index (χ4n) is 2.67. The normalized spacial score (nSPS) is 18.1. The lowest BCUT2D eigenvalue weighted by molar-refractivity contribution is 0.392. The van der Waals surface area contributed by atoms with E-state index in [0.29, 0.717) is 16.7 Å². The molecule has 1 fully saturated rings. The minimum absolute atomic E-state index is 0.220.